The lowest BCUT2D eigenvalue weighted by molar-refractivity contribution is -0.123. The second kappa shape index (κ2) is 8.40. The normalized spacial score (nSPS) is 17.0. The molecule has 1 N–H and O–H groups in total. The largest absolute Gasteiger partial charge is 0.491 e. The van der Waals surface area contributed by atoms with E-state index in [-0.39, 0.29) is 13.2 Å². The van der Waals surface area contributed by atoms with Crippen LogP contribution in [0.25, 0.3) is 6.08 Å². The molecule has 0 unspecified atom stereocenters. The molecule has 0 aliphatic carbocycles. The van der Waals surface area contributed by atoms with Crippen LogP contribution in [0, 0.1) is 0 Å². The van der Waals surface area contributed by atoms with Crippen molar-refractivity contribution in [3.05, 3.63) is 70.1 Å². The van der Waals surface area contributed by atoms with E-state index in [1.54, 1.807) is 30.3 Å². The van der Waals surface area contributed by atoms with Crippen LogP contribution in [0.1, 0.15) is 5.56 Å². The number of hydrogen-bond acceptors (Lipinski definition) is 5. The first-order valence-electron chi connectivity index (χ1n) is 7.90. The fraction of sp³-hybridized carbons (Fsp3) is 0.158. The summed E-state index contributed by atoms with van der Waals surface area (Å²) < 4.78 is 5.45. The molecule has 5 nitrogen and oxygen atoms in total. The van der Waals surface area contributed by atoms with Crippen molar-refractivity contribution in [2.45, 2.75) is 6.10 Å². The first-order valence-corrected chi connectivity index (χ1v) is 9.09. The summed E-state index contributed by atoms with van der Waals surface area (Å²) in [6.07, 6.45) is 0.678. The highest BCUT2D eigenvalue weighted by Crippen LogP contribution is 2.32. The van der Waals surface area contributed by atoms with Crippen LogP contribution in [0.3, 0.4) is 0 Å². The molecule has 134 valence electrons. The van der Waals surface area contributed by atoms with Gasteiger partial charge in [0.15, 0.2) is 0 Å². The summed E-state index contributed by atoms with van der Waals surface area (Å²) >= 11 is 6.66. The maximum Gasteiger partial charge on any atom is 0.293 e. The van der Waals surface area contributed by atoms with Crippen molar-refractivity contribution in [2.24, 2.45) is 0 Å². The number of aliphatic hydroxyl groups is 1. The van der Waals surface area contributed by atoms with Crippen LogP contribution < -0.4 is 4.74 Å². The monoisotopic (exact) mass is 389 g/mol. The van der Waals surface area contributed by atoms with E-state index >= 15 is 0 Å². The Morgan fingerprint density at radius 2 is 1.81 bits per heavy atom. The summed E-state index contributed by atoms with van der Waals surface area (Å²) in [5, 5.41) is 10.3. The van der Waals surface area contributed by atoms with Crippen LogP contribution in [0.4, 0.5) is 4.79 Å². The van der Waals surface area contributed by atoms with Crippen LogP contribution in [0.2, 0.25) is 5.02 Å². The molecule has 1 heterocycles. The quantitative estimate of drug-likeness (QED) is 0.761. The molecular formula is C19H16ClNO4S. The van der Waals surface area contributed by atoms with Gasteiger partial charge in [0.25, 0.3) is 11.1 Å². The van der Waals surface area contributed by atoms with E-state index in [1.807, 2.05) is 30.3 Å². The van der Waals surface area contributed by atoms with Crippen molar-refractivity contribution >= 4 is 40.6 Å². The van der Waals surface area contributed by atoms with Gasteiger partial charge in [-0.15, -0.1) is 0 Å². The minimum atomic E-state index is -0.991. The van der Waals surface area contributed by atoms with E-state index in [0.717, 1.165) is 22.2 Å². The van der Waals surface area contributed by atoms with E-state index in [9.17, 15) is 14.7 Å². The van der Waals surface area contributed by atoms with E-state index < -0.39 is 17.3 Å². The van der Waals surface area contributed by atoms with Crippen molar-refractivity contribution < 1.29 is 19.4 Å². The fourth-order valence-electron chi connectivity index (χ4n) is 2.34. The highest BCUT2D eigenvalue weighted by atomic mass is 35.5. The van der Waals surface area contributed by atoms with Crippen molar-refractivity contribution in [3.63, 3.8) is 0 Å². The first-order chi connectivity index (χ1) is 12.5. The van der Waals surface area contributed by atoms with Crippen LogP contribution in [-0.2, 0) is 4.79 Å². The molecule has 1 atom stereocenters. The standard InChI is InChI=1S/C19H16ClNO4S/c20-14-6-8-16(9-7-14)25-12-15(22)11-21-18(23)17(26-19(21)24)10-13-4-2-1-3-5-13/h1-10,15,22H,11-12H2/b17-10+/t15-/m0/s1. The Bertz CT molecular complexity index is 823. The molecule has 0 saturated carbocycles. The third-order valence-corrected chi connectivity index (χ3v) is 4.78. The van der Waals surface area contributed by atoms with Gasteiger partial charge in [0.05, 0.1) is 11.4 Å². The smallest absolute Gasteiger partial charge is 0.293 e. The zero-order valence-corrected chi connectivity index (χ0v) is 15.2. The summed E-state index contributed by atoms with van der Waals surface area (Å²) in [5.74, 6) is 0.140. The summed E-state index contributed by atoms with van der Waals surface area (Å²) in [7, 11) is 0. The number of hydrogen-bond donors (Lipinski definition) is 1. The Kier molecular flexibility index (Phi) is 5.98. The number of benzene rings is 2. The lowest BCUT2D eigenvalue weighted by Crippen LogP contribution is -2.38. The predicted octanol–water partition coefficient (Wildman–Crippen LogP) is 3.82. The number of aliphatic hydroxyl groups excluding tert-OH is 1. The molecule has 0 aromatic heterocycles. The van der Waals surface area contributed by atoms with Gasteiger partial charge >= 0.3 is 0 Å². The Labute approximate surface area is 160 Å². The number of amides is 2. The molecule has 1 fully saturated rings. The van der Waals surface area contributed by atoms with E-state index in [2.05, 4.69) is 0 Å². The summed E-state index contributed by atoms with van der Waals surface area (Å²) in [6, 6.07) is 16.0. The highest BCUT2D eigenvalue weighted by molar-refractivity contribution is 8.18. The second-order valence-electron chi connectivity index (χ2n) is 5.62. The molecule has 2 aromatic rings. The minimum absolute atomic E-state index is 0.0406. The Morgan fingerprint density at radius 3 is 2.50 bits per heavy atom. The van der Waals surface area contributed by atoms with Crippen molar-refractivity contribution in [1.29, 1.82) is 0 Å². The van der Waals surface area contributed by atoms with Crippen LogP contribution >= 0.6 is 23.4 Å². The molecule has 3 rings (SSSR count). The van der Waals surface area contributed by atoms with Crippen molar-refractivity contribution in [3.8, 4) is 5.75 Å². The fourth-order valence-corrected chi connectivity index (χ4v) is 3.32. The number of β-amino-alcohol motifs (C(OH)–C–C–N with tert-alkyl or cyclic N) is 1. The third-order valence-electron chi connectivity index (χ3n) is 3.62. The predicted molar refractivity (Wildman–Crippen MR) is 102 cm³/mol. The molecule has 2 aromatic carbocycles. The maximum atomic E-state index is 12.4. The van der Waals surface area contributed by atoms with E-state index in [0.29, 0.717) is 15.7 Å². The van der Waals surface area contributed by atoms with Gasteiger partial charge in [-0.25, -0.2) is 0 Å². The number of nitrogens with zero attached hydrogens (tertiary/aromatic N) is 1. The molecule has 0 bridgehead atoms. The summed E-state index contributed by atoms with van der Waals surface area (Å²) in [6.45, 7) is -0.161. The number of thioether (sulfide) groups is 1. The molecule has 7 heteroatoms. The number of carbonyl (C=O) groups is 2. The van der Waals surface area contributed by atoms with Gasteiger partial charge in [0.1, 0.15) is 18.5 Å². The van der Waals surface area contributed by atoms with Gasteiger partial charge in [-0.05, 0) is 47.7 Å². The van der Waals surface area contributed by atoms with Crippen LogP contribution in [0.15, 0.2) is 59.5 Å². The molecule has 1 aliphatic heterocycles. The zero-order valence-electron chi connectivity index (χ0n) is 13.7. The summed E-state index contributed by atoms with van der Waals surface area (Å²) in [5.41, 5.74) is 0.838. The molecule has 1 saturated heterocycles. The van der Waals surface area contributed by atoms with Gasteiger partial charge < -0.3 is 9.84 Å². The van der Waals surface area contributed by atoms with Crippen LogP contribution in [0.5, 0.6) is 5.75 Å². The van der Waals surface area contributed by atoms with Gasteiger partial charge in [0.2, 0.25) is 0 Å². The molecule has 2 amide bonds. The third kappa shape index (κ3) is 4.66. The molecule has 26 heavy (non-hydrogen) atoms. The first kappa shape index (κ1) is 18.5. The Morgan fingerprint density at radius 1 is 1.12 bits per heavy atom. The molecular weight excluding hydrogens is 374 g/mol. The molecule has 1 aliphatic rings. The average Bonchev–Trinajstić information content (AvgIpc) is 2.89. The van der Waals surface area contributed by atoms with Gasteiger partial charge in [-0.2, -0.15) is 0 Å². The number of halogens is 1. The SMILES string of the molecule is O=C1S/C(=C/c2ccccc2)C(=O)N1C[C@H](O)COc1ccc(Cl)cc1. The van der Waals surface area contributed by atoms with Crippen LogP contribution in [-0.4, -0.2) is 40.4 Å². The van der Waals surface area contributed by atoms with Crippen molar-refractivity contribution in [2.75, 3.05) is 13.2 Å². The molecule has 0 radical (unpaired) electrons. The van der Waals surface area contributed by atoms with E-state index in [1.165, 1.54) is 0 Å². The lowest BCUT2D eigenvalue weighted by Gasteiger charge is -2.18. The lowest BCUT2D eigenvalue weighted by atomic mass is 10.2. The Balaban J connectivity index is 1.58. The zero-order chi connectivity index (χ0) is 18.5. The van der Waals surface area contributed by atoms with Gasteiger partial charge in [-0.1, -0.05) is 41.9 Å². The topological polar surface area (TPSA) is 66.8 Å². The number of rotatable bonds is 6. The average molecular weight is 390 g/mol. The number of imide groups is 1. The maximum absolute atomic E-state index is 12.4. The van der Waals surface area contributed by atoms with E-state index in [4.69, 9.17) is 16.3 Å². The van der Waals surface area contributed by atoms with Gasteiger partial charge in [-0.3, -0.25) is 14.5 Å². The number of ether oxygens (including phenoxy) is 1. The summed E-state index contributed by atoms with van der Waals surface area (Å²) in [4.78, 5) is 25.9. The van der Waals surface area contributed by atoms with Crippen molar-refractivity contribution in [1.82, 2.24) is 4.90 Å². The second-order valence-corrected chi connectivity index (χ2v) is 7.05. The minimum Gasteiger partial charge on any atom is -0.491 e. The highest BCUT2D eigenvalue weighted by Gasteiger charge is 2.36. The Hall–Kier alpha value is -2.28. The number of carbonyl (C=O) groups excluding carboxylic acids is 2. The van der Waals surface area contributed by atoms with Gasteiger partial charge in [0, 0.05) is 5.02 Å². The molecule has 0 spiro atoms.